The highest BCUT2D eigenvalue weighted by atomic mass is 79.9. The molecule has 0 bridgehead atoms. The monoisotopic (exact) mass is 396 g/mol. The molecule has 1 atom stereocenters. The van der Waals surface area contributed by atoms with E-state index in [1.54, 1.807) is 19.9 Å². The number of nitrogens with one attached hydrogen (secondary N) is 2. The Bertz CT molecular complexity index is 656. The van der Waals surface area contributed by atoms with Crippen LogP contribution in [0.1, 0.15) is 31.9 Å². The predicted octanol–water partition coefficient (Wildman–Crippen LogP) is 2.94. The van der Waals surface area contributed by atoms with E-state index in [-0.39, 0.29) is 6.04 Å². The Labute approximate surface area is 149 Å². The van der Waals surface area contributed by atoms with Gasteiger partial charge in [-0.15, -0.1) is 0 Å². The van der Waals surface area contributed by atoms with E-state index in [9.17, 15) is 14.4 Å². The Balaban J connectivity index is 2.55. The van der Waals surface area contributed by atoms with Gasteiger partial charge in [0.2, 0.25) is 0 Å². The van der Waals surface area contributed by atoms with Crippen LogP contribution in [-0.2, 0) is 14.3 Å². The van der Waals surface area contributed by atoms with Crippen molar-refractivity contribution in [2.45, 2.75) is 39.8 Å². The Morgan fingerprint density at radius 3 is 2.46 bits per heavy atom. The van der Waals surface area contributed by atoms with E-state index in [2.05, 4.69) is 26.6 Å². The number of esters is 1. The summed E-state index contributed by atoms with van der Waals surface area (Å²) < 4.78 is 5.82. The van der Waals surface area contributed by atoms with E-state index in [0.29, 0.717) is 0 Å². The molecule has 0 heterocycles. The number of rotatable bonds is 5. The normalized spacial score (nSPS) is 12.1. The lowest BCUT2D eigenvalue weighted by molar-refractivity contribution is -0.149. The van der Waals surface area contributed by atoms with Crippen molar-refractivity contribution in [2.75, 3.05) is 0 Å². The lowest BCUT2D eigenvalue weighted by atomic mass is 10.1. The van der Waals surface area contributed by atoms with Crippen LogP contribution in [0.15, 0.2) is 28.7 Å². The average molecular weight is 397 g/mol. The molecule has 1 aromatic rings. The van der Waals surface area contributed by atoms with Crippen molar-refractivity contribution in [1.29, 1.82) is 0 Å². The third kappa shape index (κ3) is 6.95. The second kappa shape index (κ2) is 9.22. The van der Waals surface area contributed by atoms with Gasteiger partial charge in [0, 0.05) is 16.6 Å². The molecule has 3 amide bonds. The predicted molar refractivity (Wildman–Crippen MR) is 95.3 cm³/mol. The fourth-order valence-electron chi connectivity index (χ4n) is 1.70. The number of imide groups is 1. The Morgan fingerprint density at radius 2 is 1.88 bits per heavy atom. The first-order valence-corrected chi connectivity index (χ1v) is 8.24. The maximum atomic E-state index is 11.8. The third-order valence-electron chi connectivity index (χ3n) is 2.87. The summed E-state index contributed by atoms with van der Waals surface area (Å²) in [5, 5.41) is 4.62. The van der Waals surface area contributed by atoms with Gasteiger partial charge in [-0.05, 0) is 51.0 Å². The highest BCUT2D eigenvalue weighted by Crippen LogP contribution is 2.19. The number of aryl methyl sites for hydroxylation is 1. The molecule has 1 aromatic carbocycles. The number of ether oxygens (including phenoxy) is 1. The topological polar surface area (TPSA) is 84.5 Å². The van der Waals surface area contributed by atoms with Gasteiger partial charge in [-0.25, -0.2) is 9.59 Å². The van der Waals surface area contributed by atoms with E-state index in [0.717, 1.165) is 15.6 Å². The molecule has 0 radical (unpaired) electrons. The fraction of sp³-hybridized carbons (Fsp3) is 0.353. The molecular formula is C17H21BrN2O4. The van der Waals surface area contributed by atoms with Crippen LogP contribution in [0.5, 0.6) is 0 Å². The highest BCUT2D eigenvalue weighted by molar-refractivity contribution is 9.10. The van der Waals surface area contributed by atoms with Crippen LogP contribution in [0.4, 0.5) is 4.79 Å². The van der Waals surface area contributed by atoms with Crippen LogP contribution < -0.4 is 10.6 Å². The van der Waals surface area contributed by atoms with Gasteiger partial charge in [0.15, 0.2) is 6.10 Å². The molecule has 7 heteroatoms. The standard InChI is InChI=1S/C17H21BrN2O4/c1-10(2)19-17(23)20-16(22)12(4)24-15(21)8-7-13-6-5-11(3)9-14(13)18/h5-10,12H,1-4H3,(H2,19,20,22,23)/b8-7+/t12-/m1/s1. The molecule has 24 heavy (non-hydrogen) atoms. The van der Waals surface area contributed by atoms with E-state index < -0.39 is 24.0 Å². The minimum Gasteiger partial charge on any atom is -0.449 e. The van der Waals surface area contributed by atoms with Crippen molar-refractivity contribution >= 4 is 39.9 Å². The van der Waals surface area contributed by atoms with Crippen molar-refractivity contribution in [1.82, 2.24) is 10.6 Å². The minimum atomic E-state index is -1.08. The van der Waals surface area contributed by atoms with Gasteiger partial charge >= 0.3 is 12.0 Å². The van der Waals surface area contributed by atoms with Crippen LogP contribution in [0.25, 0.3) is 6.08 Å². The number of hydrogen-bond acceptors (Lipinski definition) is 4. The molecule has 0 spiro atoms. The van der Waals surface area contributed by atoms with E-state index >= 15 is 0 Å². The van der Waals surface area contributed by atoms with E-state index in [1.165, 1.54) is 13.0 Å². The molecule has 0 aliphatic carbocycles. The summed E-state index contributed by atoms with van der Waals surface area (Å²) in [7, 11) is 0. The van der Waals surface area contributed by atoms with Gasteiger partial charge in [-0.2, -0.15) is 0 Å². The van der Waals surface area contributed by atoms with Crippen LogP contribution in [-0.4, -0.2) is 30.1 Å². The molecular weight excluding hydrogens is 376 g/mol. The SMILES string of the molecule is Cc1ccc(/C=C/C(=O)O[C@H](C)C(=O)NC(=O)NC(C)C)c(Br)c1. The second-order valence-electron chi connectivity index (χ2n) is 5.55. The van der Waals surface area contributed by atoms with Gasteiger partial charge in [-0.3, -0.25) is 10.1 Å². The number of carbonyl (C=O) groups excluding carboxylic acids is 3. The van der Waals surface area contributed by atoms with Crippen LogP contribution >= 0.6 is 15.9 Å². The zero-order valence-electron chi connectivity index (χ0n) is 14.1. The highest BCUT2D eigenvalue weighted by Gasteiger charge is 2.19. The van der Waals surface area contributed by atoms with Crippen LogP contribution in [0.3, 0.4) is 0 Å². The van der Waals surface area contributed by atoms with Crippen molar-refractivity contribution in [2.24, 2.45) is 0 Å². The van der Waals surface area contributed by atoms with Crippen molar-refractivity contribution < 1.29 is 19.1 Å². The first-order valence-electron chi connectivity index (χ1n) is 7.45. The Hall–Kier alpha value is -2.15. The third-order valence-corrected chi connectivity index (χ3v) is 3.56. The smallest absolute Gasteiger partial charge is 0.331 e. The summed E-state index contributed by atoms with van der Waals surface area (Å²) >= 11 is 3.41. The first kappa shape index (κ1) is 19.9. The number of halogens is 1. The molecule has 0 aliphatic heterocycles. The summed E-state index contributed by atoms with van der Waals surface area (Å²) in [5.41, 5.74) is 1.90. The number of hydrogen-bond donors (Lipinski definition) is 2. The molecule has 0 saturated carbocycles. The quantitative estimate of drug-likeness (QED) is 0.591. The second-order valence-corrected chi connectivity index (χ2v) is 6.41. The zero-order chi connectivity index (χ0) is 18.3. The summed E-state index contributed by atoms with van der Waals surface area (Å²) in [6, 6.07) is 4.96. The number of benzene rings is 1. The van der Waals surface area contributed by atoms with Crippen molar-refractivity contribution in [3.05, 3.63) is 39.9 Å². The van der Waals surface area contributed by atoms with Gasteiger partial charge < -0.3 is 10.1 Å². The first-order chi connectivity index (χ1) is 11.2. The molecule has 1 rings (SSSR count). The molecule has 0 saturated heterocycles. The average Bonchev–Trinajstić information content (AvgIpc) is 2.45. The molecule has 0 fully saturated rings. The Kier molecular flexibility index (Phi) is 7.64. The van der Waals surface area contributed by atoms with Gasteiger partial charge in [0.25, 0.3) is 5.91 Å². The van der Waals surface area contributed by atoms with Crippen LogP contribution in [0.2, 0.25) is 0 Å². The minimum absolute atomic E-state index is 0.105. The number of amides is 3. The summed E-state index contributed by atoms with van der Waals surface area (Å²) in [5.74, 6) is -1.36. The zero-order valence-corrected chi connectivity index (χ0v) is 15.6. The summed E-state index contributed by atoms with van der Waals surface area (Å²) in [6.45, 7) is 6.89. The lowest BCUT2D eigenvalue weighted by Crippen LogP contribution is -2.46. The van der Waals surface area contributed by atoms with Crippen molar-refractivity contribution in [3.8, 4) is 0 Å². The molecule has 130 valence electrons. The van der Waals surface area contributed by atoms with Crippen LogP contribution in [0, 0.1) is 6.92 Å². The van der Waals surface area contributed by atoms with Crippen molar-refractivity contribution in [3.63, 3.8) is 0 Å². The van der Waals surface area contributed by atoms with Gasteiger partial charge in [0.1, 0.15) is 0 Å². The largest absolute Gasteiger partial charge is 0.449 e. The molecule has 2 N–H and O–H groups in total. The maximum absolute atomic E-state index is 11.8. The summed E-state index contributed by atoms with van der Waals surface area (Å²) in [6.07, 6.45) is 1.73. The molecule has 0 unspecified atom stereocenters. The number of urea groups is 1. The number of carbonyl (C=O) groups is 3. The Morgan fingerprint density at radius 1 is 1.21 bits per heavy atom. The van der Waals surface area contributed by atoms with E-state index in [4.69, 9.17) is 4.74 Å². The molecule has 0 aliphatic rings. The van der Waals surface area contributed by atoms with Gasteiger partial charge in [-0.1, -0.05) is 28.1 Å². The fourth-order valence-corrected chi connectivity index (χ4v) is 2.33. The molecule has 0 aromatic heterocycles. The van der Waals surface area contributed by atoms with E-state index in [1.807, 2.05) is 25.1 Å². The maximum Gasteiger partial charge on any atom is 0.331 e. The summed E-state index contributed by atoms with van der Waals surface area (Å²) in [4.78, 5) is 35.0. The molecule has 6 nitrogen and oxygen atoms in total. The van der Waals surface area contributed by atoms with Gasteiger partial charge in [0.05, 0.1) is 0 Å². The lowest BCUT2D eigenvalue weighted by Gasteiger charge is -2.13.